The van der Waals surface area contributed by atoms with E-state index in [1.165, 1.54) is 25.7 Å². The molecule has 2 rings (SSSR count). The fourth-order valence-corrected chi connectivity index (χ4v) is 3.47. The van der Waals surface area contributed by atoms with Gasteiger partial charge in [0.2, 0.25) is 0 Å². The Labute approximate surface area is 87.5 Å². The second-order valence-corrected chi connectivity index (χ2v) is 4.85. The number of allylic oxidation sites excluding steroid dienone is 2. The van der Waals surface area contributed by atoms with Crippen LogP contribution in [-0.4, -0.2) is 13.7 Å². The van der Waals surface area contributed by atoms with Crippen LogP contribution in [0, 0.1) is 23.7 Å². The van der Waals surface area contributed by atoms with Gasteiger partial charge in [0.1, 0.15) is 0 Å². The lowest BCUT2D eigenvalue weighted by Crippen LogP contribution is -2.20. The van der Waals surface area contributed by atoms with E-state index in [2.05, 4.69) is 19.1 Å². The summed E-state index contributed by atoms with van der Waals surface area (Å²) in [7, 11) is 1.82. The first-order chi connectivity index (χ1) is 6.86. The van der Waals surface area contributed by atoms with Crippen LogP contribution >= 0.6 is 0 Å². The predicted molar refractivity (Wildman–Crippen MR) is 59.1 cm³/mol. The molecule has 2 bridgehead atoms. The fraction of sp³-hybridized carbons (Fsp3) is 0.846. The zero-order valence-corrected chi connectivity index (χ0v) is 9.41. The standard InChI is InChI=1S/C13H22O/c1-3-4-12-10-5-6-11(9-10)13(12)7-8-14-2/h5-6,10-13H,3-4,7-9H2,1-2H3. The maximum absolute atomic E-state index is 5.21. The second-order valence-electron chi connectivity index (χ2n) is 4.85. The van der Waals surface area contributed by atoms with E-state index in [0.29, 0.717) is 0 Å². The molecule has 0 saturated heterocycles. The normalized spacial score (nSPS) is 39.6. The third-order valence-electron chi connectivity index (χ3n) is 4.08. The van der Waals surface area contributed by atoms with Crippen molar-refractivity contribution in [3.8, 4) is 0 Å². The molecule has 4 unspecified atom stereocenters. The van der Waals surface area contributed by atoms with E-state index >= 15 is 0 Å². The van der Waals surface area contributed by atoms with Crippen LogP contribution in [0.3, 0.4) is 0 Å². The Kier molecular flexibility index (Phi) is 3.27. The molecule has 1 saturated carbocycles. The number of hydrogen-bond acceptors (Lipinski definition) is 1. The molecule has 1 heteroatoms. The van der Waals surface area contributed by atoms with Crippen molar-refractivity contribution >= 4 is 0 Å². The summed E-state index contributed by atoms with van der Waals surface area (Å²) in [5, 5.41) is 0. The Hall–Kier alpha value is -0.300. The van der Waals surface area contributed by atoms with Gasteiger partial charge < -0.3 is 4.74 Å². The molecule has 0 N–H and O–H groups in total. The van der Waals surface area contributed by atoms with Crippen LogP contribution in [0.5, 0.6) is 0 Å². The zero-order chi connectivity index (χ0) is 9.97. The van der Waals surface area contributed by atoms with E-state index in [4.69, 9.17) is 4.74 Å². The molecule has 4 atom stereocenters. The minimum Gasteiger partial charge on any atom is -0.385 e. The van der Waals surface area contributed by atoms with Crippen LogP contribution in [0.25, 0.3) is 0 Å². The highest BCUT2D eigenvalue weighted by Gasteiger charge is 2.42. The summed E-state index contributed by atoms with van der Waals surface area (Å²) < 4.78 is 5.21. The molecule has 0 spiro atoms. The van der Waals surface area contributed by atoms with Gasteiger partial charge in [-0.2, -0.15) is 0 Å². The molecule has 1 fully saturated rings. The summed E-state index contributed by atoms with van der Waals surface area (Å²) in [6, 6.07) is 0. The molecule has 0 heterocycles. The average Bonchev–Trinajstić information content (AvgIpc) is 2.76. The Morgan fingerprint density at radius 1 is 1.14 bits per heavy atom. The SMILES string of the molecule is CCCC1C2C=CC(C2)C1CCOC. The number of hydrogen-bond donors (Lipinski definition) is 0. The van der Waals surface area contributed by atoms with Crippen molar-refractivity contribution in [1.29, 1.82) is 0 Å². The second kappa shape index (κ2) is 4.48. The quantitative estimate of drug-likeness (QED) is 0.610. The molecule has 2 aliphatic rings. The van der Waals surface area contributed by atoms with Crippen LogP contribution in [0.4, 0.5) is 0 Å². The Balaban J connectivity index is 1.95. The molecule has 0 radical (unpaired) electrons. The van der Waals surface area contributed by atoms with E-state index in [1.54, 1.807) is 0 Å². The third kappa shape index (κ3) is 1.75. The van der Waals surface area contributed by atoms with Crippen molar-refractivity contribution in [3.05, 3.63) is 12.2 Å². The summed E-state index contributed by atoms with van der Waals surface area (Å²) in [5.41, 5.74) is 0. The minimum absolute atomic E-state index is 0.881. The Morgan fingerprint density at radius 3 is 2.36 bits per heavy atom. The van der Waals surface area contributed by atoms with E-state index in [1.807, 2.05) is 7.11 Å². The zero-order valence-electron chi connectivity index (χ0n) is 9.41. The van der Waals surface area contributed by atoms with Gasteiger partial charge in [-0.15, -0.1) is 0 Å². The van der Waals surface area contributed by atoms with Gasteiger partial charge in [-0.25, -0.2) is 0 Å². The molecular formula is C13H22O. The van der Waals surface area contributed by atoms with E-state index in [0.717, 1.165) is 30.3 Å². The maximum Gasteiger partial charge on any atom is 0.0465 e. The maximum atomic E-state index is 5.21. The van der Waals surface area contributed by atoms with Gasteiger partial charge in [0.15, 0.2) is 0 Å². The van der Waals surface area contributed by atoms with Crippen molar-refractivity contribution < 1.29 is 4.74 Å². The number of methoxy groups -OCH3 is 1. The summed E-state index contributed by atoms with van der Waals surface area (Å²) in [4.78, 5) is 0. The lowest BCUT2D eigenvalue weighted by Gasteiger charge is -2.27. The van der Waals surface area contributed by atoms with E-state index < -0.39 is 0 Å². The molecule has 0 aliphatic heterocycles. The summed E-state index contributed by atoms with van der Waals surface area (Å²) in [5.74, 6) is 3.67. The van der Waals surface area contributed by atoms with Crippen molar-refractivity contribution in [2.75, 3.05) is 13.7 Å². The molecule has 0 aromatic carbocycles. The van der Waals surface area contributed by atoms with Gasteiger partial charge in [0, 0.05) is 13.7 Å². The average molecular weight is 194 g/mol. The smallest absolute Gasteiger partial charge is 0.0465 e. The van der Waals surface area contributed by atoms with Gasteiger partial charge in [-0.1, -0.05) is 25.5 Å². The topological polar surface area (TPSA) is 9.23 Å². The number of fused-ring (bicyclic) bond motifs is 2. The van der Waals surface area contributed by atoms with Gasteiger partial charge >= 0.3 is 0 Å². The Bertz CT molecular complexity index is 209. The van der Waals surface area contributed by atoms with Crippen LogP contribution < -0.4 is 0 Å². The van der Waals surface area contributed by atoms with Crippen LogP contribution in [0.2, 0.25) is 0 Å². The highest BCUT2D eigenvalue weighted by atomic mass is 16.5. The molecule has 0 aromatic heterocycles. The first-order valence-corrected chi connectivity index (χ1v) is 6.04. The molecular weight excluding hydrogens is 172 g/mol. The van der Waals surface area contributed by atoms with Crippen LogP contribution in [0.15, 0.2) is 12.2 Å². The van der Waals surface area contributed by atoms with Crippen LogP contribution in [-0.2, 0) is 4.74 Å². The highest BCUT2D eigenvalue weighted by Crippen LogP contribution is 2.50. The van der Waals surface area contributed by atoms with Crippen molar-refractivity contribution in [3.63, 3.8) is 0 Å². The first kappa shape index (κ1) is 10.2. The molecule has 2 aliphatic carbocycles. The van der Waals surface area contributed by atoms with Gasteiger partial charge in [-0.3, -0.25) is 0 Å². The van der Waals surface area contributed by atoms with Gasteiger partial charge in [-0.05, 0) is 42.9 Å². The van der Waals surface area contributed by atoms with Crippen molar-refractivity contribution in [2.24, 2.45) is 23.7 Å². The summed E-state index contributed by atoms with van der Waals surface area (Å²) in [6.07, 6.45) is 10.4. The molecule has 14 heavy (non-hydrogen) atoms. The molecule has 0 aromatic rings. The van der Waals surface area contributed by atoms with E-state index in [9.17, 15) is 0 Å². The number of ether oxygens (including phenoxy) is 1. The summed E-state index contributed by atoms with van der Waals surface area (Å²) in [6.45, 7) is 3.25. The third-order valence-corrected chi connectivity index (χ3v) is 4.08. The van der Waals surface area contributed by atoms with Crippen molar-refractivity contribution in [2.45, 2.75) is 32.6 Å². The fourth-order valence-electron chi connectivity index (χ4n) is 3.47. The van der Waals surface area contributed by atoms with Crippen molar-refractivity contribution in [1.82, 2.24) is 0 Å². The predicted octanol–water partition coefficient (Wildman–Crippen LogP) is 3.26. The summed E-state index contributed by atoms with van der Waals surface area (Å²) >= 11 is 0. The molecule has 1 nitrogen and oxygen atoms in total. The lowest BCUT2D eigenvalue weighted by atomic mass is 9.79. The Morgan fingerprint density at radius 2 is 1.79 bits per heavy atom. The molecule has 0 amide bonds. The van der Waals surface area contributed by atoms with E-state index in [-0.39, 0.29) is 0 Å². The first-order valence-electron chi connectivity index (χ1n) is 6.04. The largest absolute Gasteiger partial charge is 0.385 e. The number of rotatable bonds is 5. The highest BCUT2D eigenvalue weighted by molar-refractivity contribution is 5.13. The van der Waals surface area contributed by atoms with Gasteiger partial charge in [0.25, 0.3) is 0 Å². The monoisotopic (exact) mass is 194 g/mol. The minimum atomic E-state index is 0.881. The van der Waals surface area contributed by atoms with Crippen LogP contribution in [0.1, 0.15) is 32.6 Å². The van der Waals surface area contributed by atoms with Gasteiger partial charge in [0.05, 0.1) is 0 Å². The lowest BCUT2D eigenvalue weighted by molar-refractivity contribution is 0.151. The molecule has 80 valence electrons.